The maximum atomic E-state index is 13.7. The van der Waals surface area contributed by atoms with E-state index in [1.165, 1.54) is 18.2 Å². The average molecular weight is 446 g/mol. The molecule has 2 amide bonds. The summed E-state index contributed by atoms with van der Waals surface area (Å²) in [6, 6.07) is 17.7. The molecule has 6 heteroatoms. The van der Waals surface area contributed by atoms with E-state index in [0.717, 1.165) is 16.7 Å². The number of carbonyl (C=O) groups is 2. The first-order valence-corrected chi connectivity index (χ1v) is 11.1. The quantitative estimate of drug-likeness (QED) is 0.583. The van der Waals surface area contributed by atoms with E-state index in [-0.39, 0.29) is 11.8 Å². The second-order valence-electron chi connectivity index (χ2n) is 8.90. The van der Waals surface area contributed by atoms with Crippen molar-refractivity contribution in [3.05, 3.63) is 90.0 Å². The number of benzene rings is 2. The molecule has 1 aromatic heterocycles. The first-order valence-electron chi connectivity index (χ1n) is 11.1. The lowest BCUT2D eigenvalue weighted by Crippen LogP contribution is -2.54. The van der Waals surface area contributed by atoms with Gasteiger partial charge in [0.25, 0.3) is 5.91 Å². The minimum absolute atomic E-state index is 0.000215. The normalized spacial score (nSPS) is 18.1. The van der Waals surface area contributed by atoms with Gasteiger partial charge in [-0.05, 0) is 54.7 Å². The van der Waals surface area contributed by atoms with Crippen LogP contribution >= 0.6 is 0 Å². The van der Waals surface area contributed by atoms with Crippen LogP contribution in [-0.2, 0) is 11.2 Å². The zero-order valence-corrected chi connectivity index (χ0v) is 19.0. The number of hydrogen-bond donors (Lipinski definition) is 0. The fourth-order valence-corrected chi connectivity index (χ4v) is 4.82. The summed E-state index contributed by atoms with van der Waals surface area (Å²) >= 11 is 0. The number of nitrogens with zero attached hydrogens (tertiary/aromatic N) is 3. The number of hydrogen-bond acceptors (Lipinski definition) is 3. The number of halogens is 1. The van der Waals surface area contributed by atoms with Gasteiger partial charge < -0.3 is 9.80 Å². The Bertz CT molecular complexity index is 1150. The van der Waals surface area contributed by atoms with Gasteiger partial charge in [0.2, 0.25) is 5.91 Å². The summed E-state index contributed by atoms with van der Waals surface area (Å²) in [5, 5.41) is 0. The standard InChI is InChI=1S/C27H28FN3O2/c1-30(2)26(33)27(17-21-8-3-4-12-24(21)22-10-6-14-29-18-22)13-7-15-31(19-27)25(32)20-9-5-11-23(28)16-20/h3-6,8-12,14,16,18H,7,13,15,17,19H2,1-2H3. The van der Waals surface area contributed by atoms with Crippen LogP contribution in [0.3, 0.4) is 0 Å². The maximum Gasteiger partial charge on any atom is 0.253 e. The summed E-state index contributed by atoms with van der Waals surface area (Å²) in [5.41, 5.74) is 2.61. The molecule has 1 aliphatic heterocycles. The Morgan fingerprint density at radius 3 is 2.64 bits per heavy atom. The number of rotatable bonds is 5. The molecule has 5 nitrogen and oxygen atoms in total. The predicted octanol–water partition coefficient (Wildman–Crippen LogP) is 4.44. The first-order chi connectivity index (χ1) is 15.9. The van der Waals surface area contributed by atoms with E-state index < -0.39 is 11.2 Å². The van der Waals surface area contributed by atoms with E-state index in [9.17, 15) is 14.0 Å². The highest BCUT2D eigenvalue weighted by Gasteiger charge is 2.44. The van der Waals surface area contributed by atoms with Gasteiger partial charge in [0.1, 0.15) is 5.82 Å². The summed E-state index contributed by atoms with van der Waals surface area (Å²) in [5.74, 6) is -0.690. The molecule has 2 heterocycles. The van der Waals surface area contributed by atoms with Gasteiger partial charge in [-0.2, -0.15) is 0 Å². The largest absolute Gasteiger partial charge is 0.348 e. The Labute approximate surface area is 193 Å². The summed E-state index contributed by atoms with van der Waals surface area (Å²) < 4.78 is 13.7. The molecule has 0 aliphatic carbocycles. The topological polar surface area (TPSA) is 53.5 Å². The van der Waals surface area contributed by atoms with Gasteiger partial charge in [0.15, 0.2) is 0 Å². The van der Waals surface area contributed by atoms with Crippen LogP contribution in [0.15, 0.2) is 73.1 Å². The fraction of sp³-hybridized carbons (Fsp3) is 0.296. The third-order valence-corrected chi connectivity index (χ3v) is 6.31. The SMILES string of the molecule is CN(C)C(=O)C1(Cc2ccccc2-c2cccnc2)CCCN(C(=O)c2cccc(F)c2)C1. The molecule has 2 aromatic carbocycles. The van der Waals surface area contributed by atoms with Crippen LogP contribution in [0, 0.1) is 11.2 Å². The van der Waals surface area contributed by atoms with E-state index in [2.05, 4.69) is 4.98 Å². The summed E-state index contributed by atoms with van der Waals surface area (Å²) in [4.78, 5) is 34.3. The molecule has 0 radical (unpaired) electrons. The molecular weight excluding hydrogens is 417 g/mol. The smallest absolute Gasteiger partial charge is 0.253 e. The van der Waals surface area contributed by atoms with Gasteiger partial charge in [-0.3, -0.25) is 14.6 Å². The molecular formula is C27H28FN3O2. The van der Waals surface area contributed by atoms with Crippen LogP contribution in [-0.4, -0.2) is 53.8 Å². The van der Waals surface area contributed by atoms with E-state index in [1.807, 2.05) is 42.6 Å². The van der Waals surface area contributed by atoms with E-state index in [1.54, 1.807) is 36.2 Å². The molecule has 0 bridgehead atoms. The van der Waals surface area contributed by atoms with Crippen LogP contribution in [0.5, 0.6) is 0 Å². The Kier molecular flexibility index (Phi) is 6.54. The van der Waals surface area contributed by atoms with Crippen LogP contribution in [0.4, 0.5) is 4.39 Å². The maximum absolute atomic E-state index is 13.7. The van der Waals surface area contributed by atoms with Crippen LogP contribution in [0.25, 0.3) is 11.1 Å². The van der Waals surface area contributed by atoms with Crippen molar-refractivity contribution in [2.75, 3.05) is 27.2 Å². The van der Waals surface area contributed by atoms with Crippen molar-refractivity contribution >= 4 is 11.8 Å². The number of aromatic nitrogens is 1. The van der Waals surface area contributed by atoms with Crippen molar-refractivity contribution in [3.63, 3.8) is 0 Å². The van der Waals surface area contributed by atoms with E-state index >= 15 is 0 Å². The molecule has 33 heavy (non-hydrogen) atoms. The molecule has 4 rings (SSSR count). The van der Waals surface area contributed by atoms with E-state index in [0.29, 0.717) is 37.9 Å². The predicted molar refractivity (Wildman–Crippen MR) is 126 cm³/mol. The summed E-state index contributed by atoms with van der Waals surface area (Å²) in [6.07, 6.45) is 5.44. The van der Waals surface area contributed by atoms with Crippen molar-refractivity contribution in [1.82, 2.24) is 14.8 Å². The fourth-order valence-electron chi connectivity index (χ4n) is 4.82. The van der Waals surface area contributed by atoms with Crippen LogP contribution in [0.1, 0.15) is 28.8 Å². The molecule has 170 valence electrons. The number of piperidine rings is 1. The zero-order valence-electron chi connectivity index (χ0n) is 19.0. The minimum atomic E-state index is -0.761. The average Bonchev–Trinajstić information content (AvgIpc) is 2.84. The zero-order chi connectivity index (χ0) is 23.4. The molecule has 1 saturated heterocycles. The second-order valence-corrected chi connectivity index (χ2v) is 8.90. The molecule has 0 saturated carbocycles. The van der Waals surface area contributed by atoms with Gasteiger partial charge in [0.05, 0.1) is 5.41 Å². The Morgan fingerprint density at radius 2 is 1.91 bits per heavy atom. The van der Waals surface area contributed by atoms with Crippen molar-refractivity contribution < 1.29 is 14.0 Å². The number of pyridine rings is 1. The summed E-state index contributed by atoms with van der Waals surface area (Å²) in [7, 11) is 3.51. The Balaban J connectivity index is 1.70. The molecule has 1 atom stereocenters. The van der Waals surface area contributed by atoms with Crippen molar-refractivity contribution in [2.24, 2.45) is 5.41 Å². The number of carbonyl (C=O) groups excluding carboxylic acids is 2. The van der Waals surface area contributed by atoms with Crippen LogP contribution < -0.4 is 0 Å². The van der Waals surface area contributed by atoms with Gasteiger partial charge in [-0.15, -0.1) is 0 Å². The molecule has 0 N–H and O–H groups in total. The highest BCUT2D eigenvalue weighted by atomic mass is 19.1. The minimum Gasteiger partial charge on any atom is -0.348 e. The van der Waals surface area contributed by atoms with Gasteiger partial charge >= 0.3 is 0 Å². The van der Waals surface area contributed by atoms with Gasteiger partial charge in [-0.25, -0.2) is 4.39 Å². The van der Waals surface area contributed by atoms with Crippen molar-refractivity contribution in [3.8, 4) is 11.1 Å². The Morgan fingerprint density at radius 1 is 1.09 bits per heavy atom. The van der Waals surface area contributed by atoms with Crippen molar-refractivity contribution in [1.29, 1.82) is 0 Å². The second kappa shape index (κ2) is 9.53. The lowest BCUT2D eigenvalue weighted by atomic mass is 9.72. The lowest BCUT2D eigenvalue weighted by Gasteiger charge is -2.43. The monoisotopic (exact) mass is 445 g/mol. The molecule has 1 unspecified atom stereocenters. The highest BCUT2D eigenvalue weighted by molar-refractivity contribution is 5.95. The molecule has 0 spiro atoms. The van der Waals surface area contributed by atoms with E-state index in [4.69, 9.17) is 0 Å². The van der Waals surface area contributed by atoms with Crippen molar-refractivity contribution in [2.45, 2.75) is 19.3 Å². The number of amides is 2. The molecule has 1 fully saturated rings. The van der Waals surface area contributed by atoms with Gasteiger partial charge in [-0.1, -0.05) is 36.4 Å². The summed E-state index contributed by atoms with van der Waals surface area (Å²) in [6.45, 7) is 0.836. The van der Waals surface area contributed by atoms with Crippen LogP contribution in [0.2, 0.25) is 0 Å². The third-order valence-electron chi connectivity index (χ3n) is 6.31. The van der Waals surface area contributed by atoms with Gasteiger partial charge in [0, 0.05) is 50.7 Å². The molecule has 3 aromatic rings. The Hall–Kier alpha value is -3.54. The highest BCUT2D eigenvalue weighted by Crippen LogP contribution is 2.38. The third kappa shape index (κ3) is 4.80. The lowest BCUT2D eigenvalue weighted by molar-refractivity contribution is -0.142. The first kappa shape index (κ1) is 22.6. The molecule has 1 aliphatic rings. The number of likely N-dealkylation sites (tertiary alicyclic amines) is 1.